The standard InChI is InChI=1S/C11H13N3/c12-8-11-10(2-1-6-13-11)14-7-5-9-3-4-9/h1-2,6,9,14H,3-5,7H2. The molecule has 1 heterocycles. The number of hydrogen-bond acceptors (Lipinski definition) is 3. The maximum absolute atomic E-state index is 8.79. The summed E-state index contributed by atoms with van der Waals surface area (Å²) < 4.78 is 0. The van der Waals surface area contributed by atoms with E-state index in [1.165, 1.54) is 19.3 Å². The van der Waals surface area contributed by atoms with Gasteiger partial charge in [-0.15, -0.1) is 0 Å². The number of rotatable bonds is 4. The monoisotopic (exact) mass is 187 g/mol. The van der Waals surface area contributed by atoms with Crippen molar-refractivity contribution in [1.29, 1.82) is 5.26 Å². The van der Waals surface area contributed by atoms with Crippen molar-refractivity contribution < 1.29 is 0 Å². The molecule has 0 amide bonds. The summed E-state index contributed by atoms with van der Waals surface area (Å²) in [6, 6.07) is 5.82. The summed E-state index contributed by atoms with van der Waals surface area (Å²) in [4.78, 5) is 3.99. The van der Waals surface area contributed by atoms with Crippen LogP contribution < -0.4 is 5.32 Å². The molecule has 14 heavy (non-hydrogen) atoms. The Morgan fingerprint density at radius 1 is 1.57 bits per heavy atom. The predicted molar refractivity (Wildman–Crippen MR) is 54.8 cm³/mol. The minimum Gasteiger partial charge on any atom is -0.383 e. The van der Waals surface area contributed by atoms with Crippen molar-refractivity contribution >= 4 is 5.69 Å². The van der Waals surface area contributed by atoms with Gasteiger partial charge < -0.3 is 5.32 Å². The molecular weight excluding hydrogens is 174 g/mol. The van der Waals surface area contributed by atoms with Crippen LogP contribution in [-0.4, -0.2) is 11.5 Å². The van der Waals surface area contributed by atoms with Crippen molar-refractivity contribution in [1.82, 2.24) is 4.98 Å². The van der Waals surface area contributed by atoms with E-state index in [1.807, 2.05) is 12.1 Å². The van der Waals surface area contributed by atoms with E-state index >= 15 is 0 Å². The maximum Gasteiger partial charge on any atom is 0.163 e. The summed E-state index contributed by atoms with van der Waals surface area (Å²) in [5, 5.41) is 12.0. The molecule has 1 saturated carbocycles. The van der Waals surface area contributed by atoms with Crippen LogP contribution in [0.5, 0.6) is 0 Å². The van der Waals surface area contributed by atoms with Gasteiger partial charge in [-0.3, -0.25) is 0 Å². The Balaban J connectivity index is 1.90. The average molecular weight is 187 g/mol. The SMILES string of the molecule is N#Cc1ncccc1NCCC1CC1. The van der Waals surface area contributed by atoms with E-state index in [2.05, 4.69) is 16.4 Å². The molecule has 0 atom stereocenters. The predicted octanol–water partition coefficient (Wildman–Crippen LogP) is 2.17. The number of hydrogen-bond donors (Lipinski definition) is 1. The van der Waals surface area contributed by atoms with Gasteiger partial charge in [0, 0.05) is 12.7 Å². The molecule has 72 valence electrons. The number of pyridine rings is 1. The summed E-state index contributed by atoms with van der Waals surface area (Å²) in [5.74, 6) is 0.921. The lowest BCUT2D eigenvalue weighted by Gasteiger charge is -2.05. The number of nitriles is 1. The number of anilines is 1. The molecule has 0 radical (unpaired) electrons. The second-order valence-electron chi connectivity index (χ2n) is 3.67. The summed E-state index contributed by atoms with van der Waals surface area (Å²) in [5.41, 5.74) is 1.35. The Hall–Kier alpha value is -1.56. The van der Waals surface area contributed by atoms with Crippen LogP contribution in [0.3, 0.4) is 0 Å². The molecule has 0 saturated heterocycles. The largest absolute Gasteiger partial charge is 0.383 e. The van der Waals surface area contributed by atoms with Gasteiger partial charge in [-0.25, -0.2) is 4.98 Å². The Morgan fingerprint density at radius 3 is 3.14 bits per heavy atom. The lowest BCUT2D eigenvalue weighted by atomic mass is 10.2. The topological polar surface area (TPSA) is 48.7 Å². The number of nitrogens with one attached hydrogen (secondary N) is 1. The first-order valence-electron chi connectivity index (χ1n) is 4.99. The summed E-state index contributed by atoms with van der Waals surface area (Å²) >= 11 is 0. The highest BCUT2D eigenvalue weighted by molar-refractivity contribution is 5.53. The van der Waals surface area contributed by atoms with Crippen LogP contribution in [0.4, 0.5) is 5.69 Å². The highest BCUT2D eigenvalue weighted by Crippen LogP contribution is 2.32. The Kier molecular flexibility index (Phi) is 2.64. The molecule has 3 heteroatoms. The van der Waals surface area contributed by atoms with E-state index in [1.54, 1.807) is 6.20 Å². The van der Waals surface area contributed by atoms with Crippen LogP contribution in [0.25, 0.3) is 0 Å². The molecule has 0 bridgehead atoms. The molecule has 1 N–H and O–H groups in total. The van der Waals surface area contributed by atoms with Crippen LogP contribution in [0.15, 0.2) is 18.3 Å². The lowest BCUT2D eigenvalue weighted by Crippen LogP contribution is -2.04. The number of aromatic nitrogens is 1. The summed E-state index contributed by atoms with van der Waals surface area (Å²) in [7, 11) is 0. The molecule has 1 aliphatic rings. The van der Waals surface area contributed by atoms with E-state index in [0.29, 0.717) is 5.69 Å². The van der Waals surface area contributed by atoms with Gasteiger partial charge in [-0.2, -0.15) is 5.26 Å². The zero-order chi connectivity index (χ0) is 9.80. The first-order chi connectivity index (χ1) is 6.90. The van der Waals surface area contributed by atoms with Gasteiger partial charge in [0.25, 0.3) is 0 Å². The van der Waals surface area contributed by atoms with E-state index in [9.17, 15) is 0 Å². The normalized spacial score (nSPS) is 14.8. The fraction of sp³-hybridized carbons (Fsp3) is 0.455. The molecule has 2 rings (SSSR count). The maximum atomic E-state index is 8.79. The van der Waals surface area contributed by atoms with Crippen molar-refractivity contribution in [3.63, 3.8) is 0 Å². The zero-order valence-electron chi connectivity index (χ0n) is 8.03. The van der Waals surface area contributed by atoms with E-state index in [-0.39, 0.29) is 0 Å². The van der Waals surface area contributed by atoms with Crippen molar-refractivity contribution in [3.05, 3.63) is 24.0 Å². The first kappa shape index (κ1) is 9.01. The Bertz CT molecular complexity index is 350. The summed E-state index contributed by atoms with van der Waals surface area (Å²) in [6.07, 6.45) is 5.60. The van der Waals surface area contributed by atoms with Crippen LogP contribution in [0.1, 0.15) is 25.0 Å². The highest BCUT2D eigenvalue weighted by Gasteiger charge is 2.20. The lowest BCUT2D eigenvalue weighted by molar-refractivity contribution is 0.760. The summed E-state index contributed by atoms with van der Waals surface area (Å²) in [6.45, 7) is 0.949. The molecule has 0 unspecified atom stereocenters. The van der Waals surface area contributed by atoms with Crippen molar-refractivity contribution in [2.45, 2.75) is 19.3 Å². The molecule has 3 nitrogen and oxygen atoms in total. The zero-order valence-corrected chi connectivity index (χ0v) is 8.03. The van der Waals surface area contributed by atoms with Gasteiger partial charge in [0.15, 0.2) is 5.69 Å². The Morgan fingerprint density at radius 2 is 2.43 bits per heavy atom. The van der Waals surface area contributed by atoms with E-state index in [0.717, 1.165) is 18.2 Å². The van der Waals surface area contributed by atoms with Gasteiger partial charge in [0.1, 0.15) is 6.07 Å². The third-order valence-electron chi connectivity index (χ3n) is 2.48. The Labute approximate surface area is 83.8 Å². The molecule has 1 aromatic heterocycles. The highest BCUT2D eigenvalue weighted by atomic mass is 14.9. The second-order valence-corrected chi connectivity index (χ2v) is 3.67. The third kappa shape index (κ3) is 2.23. The quantitative estimate of drug-likeness (QED) is 0.785. The van der Waals surface area contributed by atoms with Crippen LogP contribution in [0, 0.1) is 17.2 Å². The van der Waals surface area contributed by atoms with E-state index in [4.69, 9.17) is 5.26 Å². The van der Waals surface area contributed by atoms with Crippen molar-refractivity contribution in [2.24, 2.45) is 5.92 Å². The van der Waals surface area contributed by atoms with Gasteiger partial charge in [0.2, 0.25) is 0 Å². The third-order valence-corrected chi connectivity index (χ3v) is 2.48. The minimum atomic E-state index is 0.489. The smallest absolute Gasteiger partial charge is 0.163 e. The minimum absolute atomic E-state index is 0.489. The fourth-order valence-electron chi connectivity index (χ4n) is 1.45. The molecule has 1 aliphatic carbocycles. The first-order valence-corrected chi connectivity index (χ1v) is 4.99. The fourth-order valence-corrected chi connectivity index (χ4v) is 1.45. The van der Waals surface area contributed by atoms with Gasteiger partial charge in [0.05, 0.1) is 5.69 Å². The molecular formula is C11H13N3. The van der Waals surface area contributed by atoms with Crippen LogP contribution in [-0.2, 0) is 0 Å². The molecule has 1 aromatic rings. The second kappa shape index (κ2) is 4.10. The molecule has 0 aromatic carbocycles. The van der Waals surface area contributed by atoms with Crippen LogP contribution >= 0.6 is 0 Å². The van der Waals surface area contributed by atoms with Crippen molar-refractivity contribution in [3.8, 4) is 6.07 Å². The van der Waals surface area contributed by atoms with Gasteiger partial charge in [-0.1, -0.05) is 12.8 Å². The molecule has 0 spiro atoms. The molecule has 0 aliphatic heterocycles. The molecule has 1 fully saturated rings. The van der Waals surface area contributed by atoms with E-state index < -0.39 is 0 Å². The van der Waals surface area contributed by atoms with Gasteiger partial charge >= 0.3 is 0 Å². The van der Waals surface area contributed by atoms with Crippen molar-refractivity contribution in [2.75, 3.05) is 11.9 Å². The number of nitrogens with zero attached hydrogens (tertiary/aromatic N) is 2. The van der Waals surface area contributed by atoms with Crippen LogP contribution in [0.2, 0.25) is 0 Å². The average Bonchev–Trinajstić information content (AvgIpc) is 3.03. The van der Waals surface area contributed by atoms with Gasteiger partial charge in [-0.05, 0) is 24.5 Å².